The average molecular weight is 702 g/mol. The summed E-state index contributed by atoms with van der Waals surface area (Å²) >= 11 is 0. The van der Waals surface area contributed by atoms with Gasteiger partial charge in [0.25, 0.3) is 0 Å². The first-order valence-corrected chi connectivity index (χ1v) is 18.5. The van der Waals surface area contributed by atoms with Gasteiger partial charge in [-0.25, -0.2) is 19.9 Å². The Labute approximate surface area is 316 Å². The zero-order chi connectivity index (χ0) is 36.3. The van der Waals surface area contributed by atoms with Crippen LogP contribution in [0.15, 0.2) is 188 Å². The summed E-state index contributed by atoms with van der Waals surface area (Å²) in [4.78, 5) is 20.7. The highest BCUT2D eigenvalue weighted by atomic mass is 15.1. The molecule has 0 aliphatic heterocycles. The third-order valence-corrected chi connectivity index (χ3v) is 10.6. The van der Waals surface area contributed by atoms with Crippen molar-refractivity contribution >= 4 is 54.1 Å². The number of imidazole rings is 1. The lowest BCUT2D eigenvalue weighted by Crippen LogP contribution is -2.01. The van der Waals surface area contributed by atoms with Gasteiger partial charge in [0, 0.05) is 38.7 Å². The Bertz CT molecular complexity index is 3160. The van der Waals surface area contributed by atoms with Crippen molar-refractivity contribution in [3.8, 4) is 51.2 Å². The van der Waals surface area contributed by atoms with Crippen molar-refractivity contribution in [3.63, 3.8) is 0 Å². The van der Waals surface area contributed by atoms with Crippen molar-refractivity contribution in [2.24, 2.45) is 0 Å². The van der Waals surface area contributed by atoms with Crippen LogP contribution in [0.4, 0.5) is 0 Å². The van der Waals surface area contributed by atoms with Crippen molar-refractivity contribution in [1.29, 1.82) is 0 Å². The molecule has 0 radical (unpaired) electrons. The summed E-state index contributed by atoms with van der Waals surface area (Å²) in [6, 6.07) is 65.7. The van der Waals surface area contributed by atoms with E-state index in [1.54, 1.807) is 0 Å². The monoisotopic (exact) mass is 701 g/mol. The smallest absolute Gasteiger partial charge is 0.164 e. The van der Waals surface area contributed by atoms with Gasteiger partial charge in [0.2, 0.25) is 0 Å². The summed E-state index contributed by atoms with van der Waals surface area (Å²) in [6.45, 7) is 0. The molecule has 0 spiro atoms. The van der Waals surface area contributed by atoms with E-state index in [0.29, 0.717) is 17.5 Å². The van der Waals surface area contributed by atoms with Gasteiger partial charge in [-0.2, -0.15) is 0 Å². The molecule has 0 fully saturated rings. The standard InChI is InChI=1S/C50H31N5/c1-2-14-35(15-3-1)50-51-45-43-20-10-8-18-41(43)42-19-9-11-21-44(42)46(45)55(50)40-28-26-34(27-29-40)47-52-48(38-24-22-32-12-4-6-16-36(32)30-38)54-49(53-47)39-25-23-33-13-5-7-17-37(33)31-39/h1-31H. The van der Waals surface area contributed by atoms with Crippen molar-refractivity contribution in [2.45, 2.75) is 0 Å². The number of aromatic nitrogens is 5. The average Bonchev–Trinajstić information content (AvgIpc) is 3.68. The second kappa shape index (κ2) is 12.6. The largest absolute Gasteiger partial charge is 0.292 e. The van der Waals surface area contributed by atoms with Gasteiger partial charge in [0.15, 0.2) is 17.5 Å². The van der Waals surface area contributed by atoms with Crippen LogP contribution in [0.2, 0.25) is 0 Å². The Hall–Kier alpha value is -7.50. The third-order valence-electron chi connectivity index (χ3n) is 10.6. The summed E-state index contributed by atoms with van der Waals surface area (Å²) in [7, 11) is 0. The van der Waals surface area contributed by atoms with E-state index >= 15 is 0 Å². The summed E-state index contributed by atoms with van der Waals surface area (Å²) in [5.74, 6) is 2.77. The minimum absolute atomic E-state index is 0.614. The molecule has 256 valence electrons. The first kappa shape index (κ1) is 31.1. The van der Waals surface area contributed by atoms with Crippen molar-refractivity contribution in [3.05, 3.63) is 188 Å². The highest BCUT2D eigenvalue weighted by Gasteiger charge is 2.20. The summed E-state index contributed by atoms with van der Waals surface area (Å²) in [5, 5.41) is 9.33. The van der Waals surface area contributed by atoms with Gasteiger partial charge in [0.05, 0.1) is 11.0 Å². The maximum Gasteiger partial charge on any atom is 0.164 e. The van der Waals surface area contributed by atoms with E-state index in [2.05, 4.69) is 187 Å². The fraction of sp³-hybridized carbons (Fsp3) is 0. The first-order valence-electron chi connectivity index (χ1n) is 18.5. The van der Waals surface area contributed by atoms with Gasteiger partial charge in [0.1, 0.15) is 5.82 Å². The lowest BCUT2D eigenvalue weighted by atomic mass is 10.00. The van der Waals surface area contributed by atoms with E-state index in [9.17, 15) is 0 Å². The molecule has 11 aromatic rings. The lowest BCUT2D eigenvalue weighted by Gasteiger charge is -2.13. The Balaban J connectivity index is 1.11. The van der Waals surface area contributed by atoms with Gasteiger partial charge >= 0.3 is 0 Å². The Morgan fingerprint density at radius 3 is 1.36 bits per heavy atom. The maximum absolute atomic E-state index is 5.38. The molecule has 2 heterocycles. The molecule has 0 bridgehead atoms. The van der Waals surface area contributed by atoms with Crippen LogP contribution in [0.5, 0.6) is 0 Å². The van der Waals surface area contributed by atoms with E-state index in [-0.39, 0.29) is 0 Å². The SMILES string of the molecule is c1ccc(-c2nc3c4ccccc4c4ccccc4c3n2-c2ccc(-c3nc(-c4ccc5ccccc5c4)nc(-c4ccc5ccccc5c4)n3)cc2)cc1. The van der Waals surface area contributed by atoms with E-state index < -0.39 is 0 Å². The molecule has 0 saturated heterocycles. The number of hydrogen-bond acceptors (Lipinski definition) is 4. The van der Waals surface area contributed by atoms with Crippen LogP contribution in [-0.4, -0.2) is 24.5 Å². The van der Waals surface area contributed by atoms with Gasteiger partial charge in [-0.05, 0) is 68.7 Å². The molecule has 0 N–H and O–H groups in total. The summed E-state index contributed by atoms with van der Waals surface area (Å²) < 4.78 is 2.30. The van der Waals surface area contributed by atoms with E-state index in [4.69, 9.17) is 19.9 Å². The quantitative estimate of drug-likeness (QED) is 0.168. The van der Waals surface area contributed by atoms with Crippen molar-refractivity contribution < 1.29 is 0 Å². The molecule has 0 aliphatic carbocycles. The highest BCUT2D eigenvalue weighted by molar-refractivity contribution is 6.24. The molecule has 0 saturated carbocycles. The Morgan fingerprint density at radius 2 is 0.764 bits per heavy atom. The van der Waals surface area contributed by atoms with Crippen LogP contribution >= 0.6 is 0 Å². The molecule has 55 heavy (non-hydrogen) atoms. The molecule has 0 amide bonds. The molecule has 5 heteroatoms. The van der Waals surface area contributed by atoms with Gasteiger partial charge in [-0.3, -0.25) is 4.57 Å². The van der Waals surface area contributed by atoms with E-state index in [1.165, 1.54) is 21.5 Å². The van der Waals surface area contributed by atoms with Crippen LogP contribution in [0.25, 0.3) is 105 Å². The predicted molar refractivity (Wildman–Crippen MR) is 226 cm³/mol. The fourth-order valence-electron chi connectivity index (χ4n) is 7.92. The van der Waals surface area contributed by atoms with Crippen molar-refractivity contribution in [2.75, 3.05) is 0 Å². The van der Waals surface area contributed by atoms with Crippen molar-refractivity contribution in [1.82, 2.24) is 24.5 Å². The molecule has 5 nitrogen and oxygen atoms in total. The molecule has 0 atom stereocenters. The summed E-state index contributed by atoms with van der Waals surface area (Å²) in [6.07, 6.45) is 0. The number of benzene rings is 9. The first-order chi connectivity index (χ1) is 27.2. The van der Waals surface area contributed by atoms with Crippen LogP contribution in [0.3, 0.4) is 0 Å². The minimum Gasteiger partial charge on any atom is -0.292 e. The second-order valence-electron chi connectivity index (χ2n) is 13.9. The van der Waals surface area contributed by atoms with E-state index in [0.717, 1.165) is 66.3 Å². The molecular weight excluding hydrogens is 671 g/mol. The van der Waals surface area contributed by atoms with Crippen LogP contribution in [0, 0.1) is 0 Å². The topological polar surface area (TPSA) is 56.5 Å². The molecule has 0 aliphatic rings. The molecule has 0 unspecified atom stereocenters. The van der Waals surface area contributed by atoms with E-state index in [1.807, 2.05) is 6.07 Å². The van der Waals surface area contributed by atoms with Crippen LogP contribution in [-0.2, 0) is 0 Å². The normalized spacial score (nSPS) is 11.6. The fourth-order valence-corrected chi connectivity index (χ4v) is 7.92. The molecule has 9 aromatic carbocycles. The zero-order valence-corrected chi connectivity index (χ0v) is 29.6. The minimum atomic E-state index is 0.614. The highest BCUT2D eigenvalue weighted by Crippen LogP contribution is 2.39. The lowest BCUT2D eigenvalue weighted by molar-refractivity contribution is 1.07. The number of rotatable bonds is 5. The second-order valence-corrected chi connectivity index (χ2v) is 13.9. The molecular formula is C50H31N5. The number of hydrogen-bond donors (Lipinski definition) is 0. The zero-order valence-electron chi connectivity index (χ0n) is 29.6. The Morgan fingerprint density at radius 1 is 0.309 bits per heavy atom. The van der Waals surface area contributed by atoms with Crippen LogP contribution < -0.4 is 0 Å². The molecule has 11 rings (SSSR count). The maximum atomic E-state index is 5.38. The third kappa shape index (κ3) is 5.24. The summed E-state index contributed by atoms with van der Waals surface area (Å²) in [5.41, 5.74) is 6.90. The van der Waals surface area contributed by atoms with Crippen LogP contribution in [0.1, 0.15) is 0 Å². The molecule has 2 aromatic heterocycles. The van der Waals surface area contributed by atoms with Gasteiger partial charge in [-0.15, -0.1) is 0 Å². The Kier molecular flexibility index (Phi) is 7.10. The van der Waals surface area contributed by atoms with Gasteiger partial charge in [-0.1, -0.05) is 152 Å². The number of nitrogens with zero attached hydrogens (tertiary/aromatic N) is 5. The predicted octanol–water partition coefficient (Wildman–Crippen LogP) is 12.5. The van der Waals surface area contributed by atoms with Gasteiger partial charge < -0.3 is 0 Å². The number of fused-ring (bicyclic) bond motifs is 8.